The van der Waals surface area contributed by atoms with Crippen molar-refractivity contribution in [3.8, 4) is 51.7 Å². The summed E-state index contributed by atoms with van der Waals surface area (Å²) in [6.07, 6.45) is 15.2. The Hall–Kier alpha value is -3.94. The summed E-state index contributed by atoms with van der Waals surface area (Å²) in [5.74, 6) is 4.45. The summed E-state index contributed by atoms with van der Waals surface area (Å²) in [7, 11) is 0. The quantitative estimate of drug-likeness (QED) is 0.273. The highest BCUT2D eigenvalue weighted by atomic mass is 16.3. The van der Waals surface area contributed by atoms with Crippen LogP contribution in [0, 0.1) is 29.6 Å². The Kier molecular flexibility index (Phi) is 5.84. The summed E-state index contributed by atoms with van der Waals surface area (Å²) >= 11 is 0. The number of aromatic hydroxyl groups is 1. The topological polar surface area (TPSA) is 66.2 Å². The number of benzene rings is 2. The van der Waals surface area contributed by atoms with Gasteiger partial charge < -0.3 is 10.2 Å². The third kappa shape index (κ3) is 3.79. The van der Waals surface area contributed by atoms with E-state index in [9.17, 15) is 10.2 Å². The van der Waals surface area contributed by atoms with Crippen molar-refractivity contribution in [2.24, 2.45) is 17.3 Å². The summed E-state index contributed by atoms with van der Waals surface area (Å²) < 4.78 is 0. The van der Waals surface area contributed by atoms with Crippen molar-refractivity contribution in [2.45, 2.75) is 57.0 Å². The molecular weight excluding hydrogens is 492 g/mol. The molecule has 2 fully saturated rings. The number of hydrogen-bond donors (Lipinski definition) is 2. The largest absolute Gasteiger partial charge is 0.508 e. The van der Waals surface area contributed by atoms with Gasteiger partial charge in [-0.1, -0.05) is 49.2 Å². The predicted octanol–water partition coefficient (Wildman–Crippen LogP) is 7.40. The second-order valence-electron chi connectivity index (χ2n) is 12.2. The van der Waals surface area contributed by atoms with Crippen molar-refractivity contribution >= 4 is 0 Å². The van der Waals surface area contributed by atoms with Gasteiger partial charge in [-0.15, -0.1) is 6.42 Å². The third-order valence-corrected chi connectivity index (χ3v) is 10.4. The lowest BCUT2D eigenvalue weighted by atomic mass is 9.53. The monoisotopic (exact) mass is 526 g/mol. The first kappa shape index (κ1) is 25.1. The second kappa shape index (κ2) is 9.32. The van der Waals surface area contributed by atoms with Crippen LogP contribution in [0.4, 0.5) is 0 Å². The maximum atomic E-state index is 11.3. The summed E-state index contributed by atoms with van der Waals surface area (Å²) in [4.78, 5) is 9.04. The molecular formula is C36H34N2O2. The van der Waals surface area contributed by atoms with Crippen molar-refractivity contribution < 1.29 is 10.2 Å². The number of phenolic OH excluding ortho intramolecular Hbond substituents is 1. The van der Waals surface area contributed by atoms with E-state index in [0.717, 1.165) is 65.7 Å². The smallest absolute Gasteiger partial charge is 0.130 e. The fourth-order valence-electron chi connectivity index (χ4n) is 8.28. The lowest BCUT2D eigenvalue weighted by Crippen LogP contribution is -2.50. The van der Waals surface area contributed by atoms with E-state index in [4.69, 9.17) is 6.42 Å². The number of rotatable bonds is 3. The van der Waals surface area contributed by atoms with E-state index in [1.165, 1.54) is 11.1 Å². The number of nitrogens with zero attached hydrogens (tertiary/aromatic N) is 2. The maximum Gasteiger partial charge on any atom is 0.130 e. The first-order valence-electron chi connectivity index (χ1n) is 14.4. The molecule has 3 aliphatic rings. The molecule has 0 amide bonds. The van der Waals surface area contributed by atoms with Crippen LogP contribution in [0.3, 0.4) is 0 Å². The van der Waals surface area contributed by atoms with Gasteiger partial charge in [-0.25, -0.2) is 0 Å². The molecule has 3 aliphatic carbocycles. The highest BCUT2D eigenvalue weighted by molar-refractivity contribution is 5.75. The van der Waals surface area contributed by atoms with Crippen LogP contribution >= 0.6 is 0 Å². The van der Waals surface area contributed by atoms with Crippen molar-refractivity contribution in [2.75, 3.05) is 0 Å². The van der Waals surface area contributed by atoms with E-state index in [1.54, 1.807) is 6.20 Å². The number of aromatic nitrogens is 2. The van der Waals surface area contributed by atoms with Gasteiger partial charge in [-0.2, -0.15) is 0 Å². The average molecular weight is 527 g/mol. The molecule has 2 N–H and O–H groups in total. The van der Waals surface area contributed by atoms with E-state index >= 15 is 0 Å². The standard InChI is InChI=1S/C36H34N2O2/c1-3-36(40)18-16-31-28-13-11-25-20-27(39)21-30(34(25)29(28)15-17-35(31,36)2)24-9-7-23(8-10-24)26-12-14-33(38-22-26)32-6-4-5-19-37-32/h1,4-10,12,14,19-22,28-29,31,39-40H,11,13,15-18H2,2H3/t28-,29+,31+,35+,36-/m1/s1. The Labute approximate surface area is 236 Å². The van der Waals surface area contributed by atoms with E-state index < -0.39 is 5.60 Å². The van der Waals surface area contributed by atoms with Crippen LogP contribution in [0.1, 0.15) is 56.1 Å². The van der Waals surface area contributed by atoms with Gasteiger partial charge in [0.1, 0.15) is 11.4 Å². The van der Waals surface area contributed by atoms with E-state index in [2.05, 4.69) is 53.1 Å². The van der Waals surface area contributed by atoms with Crippen LogP contribution in [-0.2, 0) is 6.42 Å². The van der Waals surface area contributed by atoms with Crippen LogP contribution < -0.4 is 0 Å². The first-order chi connectivity index (χ1) is 19.4. The molecule has 2 aromatic heterocycles. The highest BCUT2D eigenvalue weighted by Crippen LogP contribution is 2.64. The fourth-order valence-corrected chi connectivity index (χ4v) is 8.28. The van der Waals surface area contributed by atoms with E-state index in [0.29, 0.717) is 29.9 Å². The van der Waals surface area contributed by atoms with Crippen molar-refractivity contribution in [3.05, 3.63) is 90.3 Å². The number of fused-ring (bicyclic) bond motifs is 5. The summed E-state index contributed by atoms with van der Waals surface area (Å²) in [5.41, 5.74) is 7.56. The average Bonchev–Trinajstić information content (AvgIpc) is 3.28. The van der Waals surface area contributed by atoms with Crippen LogP contribution in [0.5, 0.6) is 5.75 Å². The lowest BCUT2D eigenvalue weighted by Gasteiger charge is -2.52. The van der Waals surface area contributed by atoms with Gasteiger partial charge in [-0.05, 0) is 114 Å². The Balaban J connectivity index is 1.21. The Morgan fingerprint density at radius 3 is 2.38 bits per heavy atom. The second-order valence-corrected chi connectivity index (χ2v) is 12.2. The molecule has 0 aliphatic heterocycles. The number of aryl methyl sites for hydroxylation is 1. The molecule has 200 valence electrons. The zero-order valence-electron chi connectivity index (χ0n) is 22.8. The molecule has 4 heteroatoms. The molecule has 2 aromatic carbocycles. The zero-order valence-corrected chi connectivity index (χ0v) is 22.8. The molecule has 4 aromatic rings. The number of aliphatic hydroxyl groups is 1. The zero-order chi connectivity index (χ0) is 27.5. The molecule has 5 atom stereocenters. The molecule has 0 radical (unpaired) electrons. The Morgan fingerprint density at radius 1 is 0.875 bits per heavy atom. The lowest BCUT2D eigenvalue weighted by molar-refractivity contribution is -0.0646. The summed E-state index contributed by atoms with van der Waals surface area (Å²) in [5, 5.41) is 22.0. The molecule has 0 unspecified atom stereocenters. The number of pyridine rings is 2. The Bertz CT molecular complexity index is 1610. The van der Waals surface area contributed by atoms with Gasteiger partial charge in [0, 0.05) is 23.4 Å². The van der Waals surface area contributed by atoms with E-state index in [-0.39, 0.29) is 5.41 Å². The van der Waals surface area contributed by atoms with Gasteiger partial charge in [-0.3, -0.25) is 9.97 Å². The van der Waals surface area contributed by atoms with Crippen LogP contribution in [0.15, 0.2) is 79.1 Å². The predicted molar refractivity (Wildman–Crippen MR) is 158 cm³/mol. The minimum absolute atomic E-state index is 0.223. The van der Waals surface area contributed by atoms with Crippen molar-refractivity contribution in [1.82, 2.24) is 9.97 Å². The third-order valence-electron chi connectivity index (χ3n) is 10.4. The first-order valence-corrected chi connectivity index (χ1v) is 14.4. The van der Waals surface area contributed by atoms with Gasteiger partial charge in [0.15, 0.2) is 0 Å². The molecule has 4 nitrogen and oxygen atoms in total. The van der Waals surface area contributed by atoms with Crippen LogP contribution in [0.25, 0.3) is 33.6 Å². The van der Waals surface area contributed by atoms with E-state index in [1.807, 2.05) is 42.6 Å². The van der Waals surface area contributed by atoms with Gasteiger partial charge in [0.25, 0.3) is 0 Å². The van der Waals surface area contributed by atoms with Gasteiger partial charge >= 0.3 is 0 Å². The van der Waals surface area contributed by atoms with Gasteiger partial charge in [0.2, 0.25) is 0 Å². The van der Waals surface area contributed by atoms with Crippen LogP contribution in [0.2, 0.25) is 0 Å². The van der Waals surface area contributed by atoms with Crippen molar-refractivity contribution in [3.63, 3.8) is 0 Å². The van der Waals surface area contributed by atoms with Gasteiger partial charge in [0.05, 0.1) is 11.4 Å². The molecule has 7 rings (SSSR count). The number of phenols is 1. The molecule has 2 heterocycles. The number of hydrogen-bond acceptors (Lipinski definition) is 4. The molecule has 0 bridgehead atoms. The molecule has 0 saturated heterocycles. The highest BCUT2D eigenvalue weighted by Gasteiger charge is 2.61. The van der Waals surface area contributed by atoms with Crippen molar-refractivity contribution in [1.29, 1.82) is 0 Å². The van der Waals surface area contributed by atoms with Crippen LogP contribution in [-0.4, -0.2) is 25.8 Å². The minimum Gasteiger partial charge on any atom is -0.508 e. The molecule has 40 heavy (non-hydrogen) atoms. The Morgan fingerprint density at radius 2 is 1.65 bits per heavy atom. The maximum absolute atomic E-state index is 11.3. The summed E-state index contributed by atoms with van der Waals surface area (Å²) in [6.45, 7) is 2.23. The summed E-state index contributed by atoms with van der Waals surface area (Å²) in [6, 6.07) is 22.5. The minimum atomic E-state index is -0.999. The molecule has 0 spiro atoms. The normalized spacial score (nSPS) is 28.7. The molecule has 2 saturated carbocycles. The fraction of sp³-hybridized carbons (Fsp3) is 0.333. The SMILES string of the molecule is C#C[C@@]1(O)CC[C@H]2[C@@H]3CCc4cc(O)cc(-c5ccc(-c6ccc(-c7ccccn7)nc6)cc5)c4[C@H]3CC[C@@]21C. The number of terminal acetylenes is 1.